The number of amides is 1. The van der Waals surface area contributed by atoms with Crippen LogP contribution in [-0.2, 0) is 4.79 Å². The smallest absolute Gasteiger partial charge is 0.218 e. The fraction of sp³-hybridized carbons (Fsp3) is 0.286. The first kappa shape index (κ1) is 7.78. The summed E-state index contributed by atoms with van der Waals surface area (Å²) in [5, 5.41) is 0. The maximum atomic E-state index is 10.4. The predicted molar refractivity (Wildman–Crippen MR) is 40.5 cm³/mol. The minimum atomic E-state index is -0.360. The first-order valence-electron chi connectivity index (χ1n) is 3.31. The molecule has 0 saturated carbocycles. The van der Waals surface area contributed by atoms with Crippen LogP contribution in [0.3, 0.4) is 0 Å². The van der Waals surface area contributed by atoms with Gasteiger partial charge in [0, 0.05) is 24.7 Å². The van der Waals surface area contributed by atoms with Crippen LogP contribution in [0.1, 0.15) is 18.2 Å². The van der Waals surface area contributed by atoms with E-state index in [4.69, 9.17) is 5.73 Å². The molecule has 1 unspecified atom stereocenters. The van der Waals surface area contributed by atoms with Crippen molar-refractivity contribution in [3.63, 3.8) is 0 Å². The van der Waals surface area contributed by atoms with Gasteiger partial charge in [-0.25, -0.2) is 4.98 Å². The fourth-order valence-corrected chi connectivity index (χ4v) is 0.840. The number of aromatic nitrogens is 2. The normalized spacial score (nSPS) is 12.8. The summed E-state index contributed by atoms with van der Waals surface area (Å²) in [7, 11) is 0. The van der Waals surface area contributed by atoms with Crippen LogP contribution in [-0.4, -0.2) is 15.9 Å². The summed E-state index contributed by atoms with van der Waals surface area (Å²) in [5.74, 6) is 0.174. The van der Waals surface area contributed by atoms with Crippen LogP contribution in [0, 0.1) is 6.92 Å². The van der Waals surface area contributed by atoms with E-state index in [2.05, 4.69) is 16.9 Å². The fourth-order valence-electron chi connectivity index (χ4n) is 0.840. The van der Waals surface area contributed by atoms with Crippen molar-refractivity contribution < 1.29 is 4.79 Å². The molecule has 0 aromatic carbocycles. The minimum Gasteiger partial charge on any atom is -0.370 e. The van der Waals surface area contributed by atoms with Crippen LogP contribution in [0.5, 0.6) is 0 Å². The Morgan fingerprint density at radius 1 is 1.91 bits per heavy atom. The molecule has 4 heteroatoms. The number of rotatable bonds is 3. The van der Waals surface area contributed by atoms with Gasteiger partial charge in [-0.1, -0.05) is 0 Å². The van der Waals surface area contributed by atoms with E-state index in [1.165, 1.54) is 0 Å². The molecule has 1 aromatic heterocycles. The number of aromatic amines is 1. The first-order valence-corrected chi connectivity index (χ1v) is 3.31. The molecule has 0 saturated heterocycles. The lowest BCUT2D eigenvalue weighted by atomic mass is 10.1. The number of hydrogen-bond acceptors (Lipinski definition) is 2. The number of nitrogens with two attached hydrogens (primary N) is 1. The lowest BCUT2D eigenvalue weighted by Crippen LogP contribution is -2.14. The highest BCUT2D eigenvalue weighted by Crippen LogP contribution is 2.12. The lowest BCUT2D eigenvalue weighted by Gasteiger charge is -2.03. The SMILES string of the molecule is [CH2]C(CC(N)=O)c1ncc[nH]1. The van der Waals surface area contributed by atoms with E-state index in [1.807, 2.05) is 0 Å². The predicted octanol–water partition coefficient (Wildman–Crippen LogP) is 0.203. The molecule has 1 atom stereocenters. The molecule has 0 aliphatic heterocycles. The highest BCUT2D eigenvalue weighted by molar-refractivity contribution is 5.74. The molecular weight excluding hydrogens is 142 g/mol. The van der Waals surface area contributed by atoms with Gasteiger partial charge < -0.3 is 10.7 Å². The summed E-state index contributed by atoms with van der Waals surface area (Å²) in [6.45, 7) is 3.73. The second-order valence-corrected chi connectivity index (χ2v) is 2.34. The molecule has 4 nitrogen and oxygen atoms in total. The third kappa shape index (κ3) is 2.07. The number of hydrogen-bond donors (Lipinski definition) is 2. The highest BCUT2D eigenvalue weighted by Gasteiger charge is 2.09. The Bertz CT molecular complexity index is 230. The second kappa shape index (κ2) is 3.18. The van der Waals surface area contributed by atoms with Crippen LogP contribution in [0.2, 0.25) is 0 Å². The molecule has 1 aromatic rings. The van der Waals surface area contributed by atoms with Gasteiger partial charge in [0.05, 0.1) is 0 Å². The van der Waals surface area contributed by atoms with E-state index in [-0.39, 0.29) is 18.2 Å². The van der Waals surface area contributed by atoms with Crippen molar-refractivity contribution >= 4 is 5.91 Å². The average Bonchev–Trinajstić information content (AvgIpc) is 2.35. The third-order valence-corrected chi connectivity index (χ3v) is 1.35. The summed E-state index contributed by atoms with van der Waals surface area (Å²) in [4.78, 5) is 17.2. The molecule has 11 heavy (non-hydrogen) atoms. The largest absolute Gasteiger partial charge is 0.370 e. The van der Waals surface area contributed by atoms with Gasteiger partial charge in [-0.05, 0) is 6.92 Å². The average molecular weight is 152 g/mol. The molecule has 0 fully saturated rings. The Balaban J connectivity index is 2.56. The van der Waals surface area contributed by atoms with E-state index < -0.39 is 0 Å². The van der Waals surface area contributed by atoms with E-state index >= 15 is 0 Å². The number of H-pyrrole nitrogens is 1. The van der Waals surface area contributed by atoms with E-state index in [0.29, 0.717) is 5.82 Å². The van der Waals surface area contributed by atoms with Crippen molar-refractivity contribution in [2.45, 2.75) is 12.3 Å². The quantitative estimate of drug-likeness (QED) is 0.649. The number of nitrogens with zero attached hydrogens (tertiary/aromatic N) is 1. The third-order valence-electron chi connectivity index (χ3n) is 1.35. The first-order chi connectivity index (χ1) is 5.20. The Labute approximate surface area is 64.8 Å². The molecule has 0 aliphatic carbocycles. The minimum absolute atomic E-state index is 0.164. The molecule has 0 spiro atoms. The van der Waals surface area contributed by atoms with Crippen LogP contribution in [0.25, 0.3) is 0 Å². The molecule has 1 amide bonds. The summed E-state index contributed by atoms with van der Waals surface area (Å²) < 4.78 is 0. The highest BCUT2D eigenvalue weighted by atomic mass is 16.1. The summed E-state index contributed by atoms with van der Waals surface area (Å²) >= 11 is 0. The van der Waals surface area contributed by atoms with Gasteiger partial charge >= 0.3 is 0 Å². The molecule has 1 radical (unpaired) electrons. The molecule has 1 heterocycles. The van der Waals surface area contributed by atoms with Gasteiger partial charge in [-0.15, -0.1) is 0 Å². The van der Waals surface area contributed by atoms with Gasteiger partial charge in [0.2, 0.25) is 5.91 Å². The molecule has 0 aliphatic rings. The standard InChI is InChI=1S/C7H10N3O/c1-5(4-6(8)11)7-9-2-3-10-7/h2-3,5H,1,4H2,(H2,8,11)(H,9,10). The number of carbonyl (C=O) groups is 1. The Kier molecular flexibility index (Phi) is 2.25. The molecule has 0 bridgehead atoms. The van der Waals surface area contributed by atoms with Gasteiger partial charge in [-0.3, -0.25) is 4.79 Å². The lowest BCUT2D eigenvalue weighted by molar-refractivity contribution is -0.118. The molecule has 59 valence electrons. The Hall–Kier alpha value is -1.32. The van der Waals surface area contributed by atoms with Crippen molar-refractivity contribution in [1.82, 2.24) is 9.97 Å². The van der Waals surface area contributed by atoms with Crippen molar-refractivity contribution in [3.05, 3.63) is 25.1 Å². The number of nitrogens with one attached hydrogen (secondary N) is 1. The number of primary amides is 1. The van der Waals surface area contributed by atoms with Crippen LogP contribution >= 0.6 is 0 Å². The van der Waals surface area contributed by atoms with Crippen molar-refractivity contribution in [2.24, 2.45) is 5.73 Å². The summed E-state index contributed by atoms with van der Waals surface area (Å²) in [6.07, 6.45) is 3.54. The Morgan fingerprint density at radius 2 is 2.64 bits per heavy atom. The summed E-state index contributed by atoms with van der Waals surface area (Å²) in [6, 6.07) is 0. The summed E-state index contributed by atoms with van der Waals surface area (Å²) in [5.41, 5.74) is 4.98. The zero-order valence-corrected chi connectivity index (χ0v) is 6.08. The molecule has 3 N–H and O–H groups in total. The maximum Gasteiger partial charge on any atom is 0.218 e. The molecular formula is C7H10N3O. The monoisotopic (exact) mass is 152 g/mol. The Morgan fingerprint density at radius 3 is 3.09 bits per heavy atom. The van der Waals surface area contributed by atoms with Crippen molar-refractivity contribution in [3.8, 4) is 0 Å². The van der Waals surface area contributed by atoms with Crippen LogP contribution in [0.15, 0.2) is 12.4 Å². The molecule has 1 rings (SSSR count). The zero-order valence-electron chi connectivity index (χ0n) is 6.08. The topological polar surface area (TPSA) is 71.8 Å². The van der Waals surface area contributed by atoms with Gasteiger partial charge in [0.25, 0.3) is 0 Å². The van der Waals surface area contributed by atoms with E-state index in [0.717, 1.165) is 0 Å². The van der Waals surface area contributed by atoms with Crippen molar-refractivity contribution in [1.29, 1.82) is 0 Å². The van der Waals surface area contributed by atoms with E-state index in [1.54, 1.807) is 12.4 Å². The number of imidazole rings is 1. The van der Waals surface area contributed by atoms with E-state index in [9.17, 15) is 4.79 Å². The number of carbonyl (C=O) groups excluding carboxylic acids is 1. The second-order valence-electron chi connectivity index (χ2n) is 2.34. The van der Waals surface area contributed by atoms with Crippen LogP contribution < -0.4 is 5.73 Å². The van der Waals surface area contributed by atoms with Crippen LogP contribution in [0.4, 0.5) is 0 Å². The zero-order chi connectivity index (χ0) is 8.27. The maximum absolute atomic E-state index is 10.4. The van der Waals surface area contributed by atoms with Crippen molar-refractivity contribution in [2.75, 3.05) is 0 Å². The van der Waals surface area contributed by atoms with Gasteiger partial charge in [0.15, 0.2) is 0 Å². The van der Waals surface area contributed by atoms with Gasteiger partial charge in [-0.2, -0.15) is 0 Å². The van der Waals surface area contributed by atoms with Gasteiger partial charge in [0.1, 0.15) is 5.82 Å².